The standard InChI is InChI=1S/C16H21N3O3/c1-11(2)9-10-13(20)18-19-14(21)16(3,17-15(19)22)12-7-5-4-6-8-12/h4-8,11H,9-10H2,1-3H3,(H,17,22)(H,18,20). The highest BCUT2D eigenvalue weighted by Crippen LogP contribution is 2.27. The molecule has 1 heterocycles. The van der Waals surface area contributed by atoms with Gasteiger partial charge in [0.15, 0.2) is 0 Å². The van der Waals surface area contributed by atoms with Crippen LogP contribution in [0.3, 0.4) is 0 Å². The van der Waals surface area contributed by atoms with E-state index in [2.05, 4.69) is 10.7 Å². The lowest BCUT2D eigenvalue weighted by molar-refractivity contribution is -0.139. The van der Waals surface area contributed by atoms with Crippen LogP contribution < -0.4 is 10.7 Å². The third-order valence-corrected chi connectivity index (χ3v) is 3.73. The molecule has 1 aliphatic heterocycles. The van der Waals surface area contributed by atoms with Crippen LogP contribution in [0.5, 0.6) is 0 Å². The van der Waals surface area contributed by atoms with Gasteiger partial charge in [0.25, 0.3) is 5.91 Å². The highest BCUT2D eigenvalue weighted by atomic mass is 16.2. The second-order valence-corrected chi connectivity index (χ2v) is 6.03. The number of benzene rings is 1. The molecule has 1 atom stereocenters. The Bertz CT molecular complexity index is 586. The molecule has 1 aromatic carbocycles. The molecule has 2 rings (SSSR count). The number of amides is 4. The summed E-state index contributed by atoms with van der Waals surface area (Å²) in [6.45, 7) is 5.64. The summed E-state index contributed by atoms with van der Waals surface area (Å²) in [5, 5.41) is 3.41. The zero-order chi connectivity index (χ0) is 16.3. The van der Waals surface area contributed by atoms with Crippen LogP contribution >= 0.6 is 0 Å². The fraction of sp³-hybridized carbons (Fsp3) is 0.438. The molecule has 2 N–H and O–H groups in total. The van der Waals surface area contributed by atoms with Gasteiger partial charge >= 0.3 is 6.03 Å². The van der Waals surface area contributed by atoms with E-state index >= 15 is 0 Å². The Morgan fingerprint density at radius 1 is 1.27 bits per heavy atom. The number of nitrogens with one attached hydrogen (secondary N) is 2. The second-order valence-electron chi connectivity index (χ2n) is 6.03. The molecule has 0 aliphatic carbocycles. The molecule has 0 aromatic heterocycles. The summed E-state index contributed by atoms with van der Waals surface area (Å²) in [4.78, 5) is 36.4. The van der Waals surface area contributed by atoms with Gasteiger partial charge in [-0.25, -0.2) is 4.79 Å². The normalized spacial score (nSPS) is 21.2. The number of hydrazine groups is 1. The molecular formula is C16H21N3O3. The Labute approximate surface area is 129 Å². The van der Waals surface area contributed by atoms with Crippen molar-refractivity contribution in [3.05, 3.63) is 35.9 Å². The Balaban J connectivity index is 2.11. The van der Waals surface area contributed by atoms with E-state index in [1.165, 1.54) is 0 Å². The first-order valence-corrected chi connectivity index (χ1v) is 7.36. The minimum Gasteiger partial charge on any atom is -0.318 e. The van der Waals surface area contributed by atoms with Crippen LogP contribution in [-0.4, -0.2) is 22.9 Å². The van der Waals surface area contributed by atoms with Crippen molar-refractivity contribution in [2.45, 2.75) is 39.2 Å². The third kappa shape index (κ3) is 3.10. The highest BCUT2D eigenvalue weighted by Gasteiger charge is 2.49. The first-order valence-electron chi connectivity index (χ1n) is 7.36. The van der Waals surface area contributed by atoms with E-state index < -0.39 is 17.5 Å². The summed E-state index contributed by atoms with van der Waals surface area (Å²) in [5.74, 6) is -0.445. The van der Waals surface area contributed by atoms with Gasteiger partial charge in [-0.2, -0.15) is 5.01 Å². The number of rotatable bonds is 5. The average molecular weight is 303 g/mol. The van der Waals surface area contributed by atoms with Crippen LogP contribution in [0.4, 0.5) is 4.79 Å². The molecule has 1 aromatic rings. The lowest BCUT2D eigenvalue weighted by Crippen LogP contribution is -2.47. The lowest BCUT2D eigenvalue weighted by atomic mass is 9.92. The van der Waals surface area contributed by atoms with Crippen molar-refractivity contribution in [2.24, 2.45) is 5.92 Å². The number of nitrogens with zero attached hydrogens (tertiary/aromatic N) is 1. The molecule has 22 heavy (non-hydrogen) atoms. The summed E-state index contributed by atoms with van der Waals surface area (Å²) in [6.07, 6.45) is 0.974. The average Bonchev–Trinajstić information content (AvgIpc) is 2.70. The van der Waals surface area contributed by atoms with Gasteiger partial charge < -0.3 is 5.32 Å². The molecule has 0 bridgehead atoms. The first-order chi connectivity index (χ1) is 10.3. The largest absolute Gasteiger partial charge is 0.344 e. The number of hydrogen-bond acceptors (Lipinski definition) is 3. The fourth-order valence-corrected chi connectivity index (χ4v) is 2.31. The number of carbonyl (C=O) groups excluding carboxylic acids is 3. The number of imide groups is 1. The molecule has 1 saturated heterocycles. The van der Waals surface area contributed by atoms with E-state index in [1.807, 2.05) is 19.9 Å². The van der Waals surface area contributed by atoms with Gasteiger partial charge in [-0.3, -0.25) is 15.0 Å². The van der Waals surface area contributed by atoms with Crippen molar-refractivity contribution in [1.29, 1.82) is 0 Å². The smallest absolute Gasteiger partial charge is 0.318 e. The topological polar surface area (TPSA) is 78.5 Å². The molecule has 6 nitrogen and oxygen atoms in total. The highest BCUT2D eigenvalue weighted by molar-refractivity contribution is 6.08. The SMILES string of the molecule is CC(C)CCC(=O)NN1C(=O)NC(C)(c2ccccc2)C1=O. The van der Waals surface area contributed by atoms with Crippen molar-refractivity contribution < 1.29 is 14.4 Å². The summed E-state index contributed by atoms with van der Waals surface area (Å²) < 4.78 is 0. The van der Waals surface area contributed by atoms with Crippen LogP contribution in [-0.2, 0) is 15.1 Å². The molecule has 1 unspecified atom stereocenters. The molecule has 4 amide bonds. The van der Waals surface area contributed by atoms with Crippen LogP contribution in [0, 0.1) is 5.92 Å². The van der Waals surface area contributed by atoms with E-state index in [1.54, 1.807) is 31.2 Å². The summed E-state index contributed by atoms with van der Waals surface area (Å²) in [6, 6.07) is 8.34. The molecule has 1 fully saturated rings. The summed E-state index contributed by atoms with van der Waals surface area (Å²) >= 11 is 0. The maximum Gasteiger partial charge on any atom is 0.344 e. The predicted octanol–water partition coefficient (Wildman–Crippen LogP) is 1.92. The molecule has 1 aliphatic rings. The first kappa shape index (κ1) is 16.0. The maximum atomic E-state index is 12.5. The minimum absolute atomic E-state index is 0.275. The quantitative estimate of drug-likeness (QED) is 0.816. The Morgan fingerprint density at radius 3 is 2.50 bits per heavy atom. The van der Waals surface area contributed by atoms with Crippen molar-refractivity contribution in [3.8, 4) is 0 Å². The zero-order valence-electron chi connectivity index (χ0n) is 13.1. The fourth-order valence-electron chi connectivity index (χ4n) is 2.31. The van der Waals surface area contributed by atoms with E-state index in [0.717, 1.165) is 5.01 Å². The number of carbonyl (C=O) groups is 3. The van der Waals surface area contributed by atoms with Crippen LogP contribution in [0.15, 0.2) is 30.3 Å². The van der Waals surface area contributed by atoms with Crippen LogP contribution in [0.1, 0.15) is 39.2 Å². The van der Waals surface area contributed by atoms with E-state index in [0.29, 0.717) is 17.9 Å². The molecule has 0 saturated carbocycles. The Kier molecular flexibility index (Phi) is 4.49. The lowest BCUT2D eigenvalue weighted by Gasteiger charge is -2.22. The minimum atomic E-state index is -1.16. The maximum absolute atomic E-state index is 12.5. The third-order valence-electron chi connectivity index (χ3n) is 3.73. The van der Waals surface area contributed by atoms with Gasteiger partial charge in [0, 0.05) is 6.42 Å². The van der Waals surface area contributed by atoms with Gasteiger partial charge in [-0.15, -0.1) is 0 Å². The molecular weight excluding hydrogens is 282 g/mol. The summed E-state index contributed by atoms with van der Waals surface area (Å²) in [7, 11) is 0. The number of urea groups is 1. The second kappa shape index (κ2) is 6.17. The number of hydrogen-bond donors (Lipinski definition) is 2. The zero-order valence-corrected chi connectivity index (χ0v) is 13.1. The van der Waals surface area contributed by atoms with E-state index in [4.69, 9.17) is 0 Å². The van der Waals surface area contributed by atoms with Crippen molar-refractivity contribution in [1.82, 2.24) is 15.8 Å². The van der Waals surface area contributed by atoms with Gasteiger partial charge in [-0.1, -0.05) is 44.2 Å². The van der Waals surface area contributed by atoms with Gasteiger partial charge in [0.1, 0.15) is 5.54 Å². The Morgan fingerprint density at radius 2 is 1.91 bits per heavy atom. The van der Waals surface area contributed by atoms with Gasteiger partial charge in [-0.05, 0) is 24.8 Å². The van der Waals surface area contributed by atoms with Crippen molar-refractivity contribution in [3.63, 3.8) is 0 Å². The van der Waals surface area contributed by atoms with Gasteiger partial charge in [0.05, 0.1) is 0 Å². The van der Waals surface area contributed by atoms with Gasteiger partial charge in [0.2, 0.25) is 5.91 Å². The van der Waals surface area contributed by atoms with Crippen molar-refractivity contribution >= 4 is 17.8 Å². The molecule has 118 valence electrons. The van der Waals surface area contributed by atoms with Crippen LogP contribution in [0.25, 0.3) is 0 Å². The monoisotopic (exact) mass is 303 g/mol. The molecule has 0 spiro atoms. The van der Waals surface area contributed by atoms with Crippen molar-refractivity contribution in [2.75, 3.05) is 0 Å². The Hall–Kier alpha value is -2.37. The summed E-state index contributed by atoms with van der Waals surface area (Å²) in [5.41, 5.74) is 1.90. The van der Waals surface area contributed by atoms with E-state index in [9.17, 15) is 14.4 Å². The molecule has 0 radical (unpaired) electrons. The molecule has 6 heteroatoms. The van der Waals surface area contributed by atoms with Crippen LogP contribution in [0.2, 0.25) is 0 Å². The van der Waals surface area contributed by atoms with E-state index in [-0.39, 0.29) is 12.3 Å². The predicted molar refractivity (Wildman–Crippen MR) is 81.4 cm³/mol.